The molecule has 7 heteroatoms. The van der Waals surface area contributed by atoms with E-state index in [-0.39, 0.29) is 11.7 Å². The van der Waals surface area contributed by atoms with Gasteiger partial charge in [-0.2, -0.15) is 0 Å². The highest BCUT2D eigenvalue weighted by Crippen LogP contribution is 2.41. The lowest BCUT2D eigenvalue weighted by molar-refractivity contribution is 0.566. The molecule has 0 unspecified atom stereocenters. The molecule has 0 radical (unpaired) electrons. The second kappa shape index (κ2) is 6.16. The van der Waals surface area contributed by atoms with Crippen molar-refractivity contribution in [3.63, 3.8) is 0 Å². The van der Waals surface area contributed by atoms with Crippen LogP contribution in [0.1, 0.15) is 24.5 Å². The van der Waals surface area contributed by atoms with Crippen LogP contribution in [-0.2, 0) is 0 Å². The van der Waals surface area contributed by atoms with Crippen LogP contribution in [0.2, 0.25) is 0 Å². The summed E-state index contributed by atoms with van der Waals surface area (Å²) in [6, 6.07) is 7.85. The van der Waals surface area contributed by atoms with Crippen LogP contribution < -0.4 is 9.80 Å². The average molecular weight is 350 g/mol. The Bertz CT molecular complexity index is 950. The standard InChI is InChI=1S/C19H19FN6/c20-17-18(13-5-6-13)22-12-23-19(17)26-9-7-25(8-10-26)16-11-21-14-3-1-2-4-15(14)24-16/h1-4,11-13H,5-10H2. The fraction of sp³-hybridized carbons (Fsp3) is 0.368. The maximum absolute atomic E-state index is 14.7. The summed E-state index contributed by atoms with van der Waals surface area (Å²) in [5, 5.41) is 0. The minimum atomic E-state index is -0.242. The van der Waals surface area contributed by atoms with Crippen molar-refractivity contribution in [3.05, 3.63) is 48.3 Å². The van der Waals surface area contributed by atoms with E-state index in [1.807, 2.05) is 35.4 Å². The Kier molecular flexibility index (Phi) is 3.65. The number of aromatic nitrogens is 4. The fourth-order valence-electron chi connectivity index (χ4n) is 3.48. The molecule has 2 aromatic heterocycles. The third kappa shape index (κ3) is 2.73. The first-order valence-corrected chi connectivity index (χ1v) is 9.01. The lowest BCUT2D eigenvalue weighted by Gasteiger charge is -2.36. The van der Waals surface area contributed by atoms with E-state index in [1.54, 1.807) is 0 Å². The number of para-hydroxylation sites is 2. The van der Waals surface area contributed by atoms with Gasteiger partial charge in [0.2, 0.25) is 0 Å². The number of hydrogen-bond acceptors (Lipinski definition) is 6. The molecular formula is C19H19FN6. The highest BCUT2D eigenvalue weighted by atomic mass is 19.1. The Labute approximate surface area is 150 Å². The van der Waals surface area contributed by atoms with E-state index in [1.165, 1.54) is 6.33 Å². The molecule has 0 atom stereocenters. The zero-order chi connectivity index (χ0) is 17.5. The topological polar surface area (TPSA) is 58.0 Å². The van der Waals surface area contributed by atoms with Crippen LogP contribution in [0.15, 0.2) is 36.8 Å². The Morgan fingerprint density at radius 2 is 1.62 bits per heavy atom. The molecule has 3 heterocycles. The van der Waals surface area contributed by atoms with E-state index in [2.05, 4.69) is 19.9 Å². The van der Waals surface area contributed by atoms with Crippen LogP contribution in [0, 0.1) is 5.82 Å². The smallest absolute Gasteiger partial charge is 0.187 e. The van der Waals surface area contributed by atoms with E-state index < -0.39 is 0 Å². The summed E-state index contributed by atoms with van der Waals surface area (Å²) in [6.45, 7) is 2.92. The van der Waals surface area contributed by atoms with E-state index in [0.29, 0.717) is 24.6 Å². The molecule has 5 rings (SSSR count). The summed E-state index contributed by atoms with van der Waals surface area (Å²) < 4.78 is 14.7. The number of piperazine rings is 1. The predicted molar refractivity (Wildman–Crippen MR) is 97.9 cm³/mol. The van der Waals surface area contributed by atoms with Gasteiger partial charge in [-0.05, 0) is 25.0 Å². The van der Waals surface area contributed by atoms with Crippen molar-refractivity contribution in [2.75, 3.05) is 36.0 Å². The third-order valence-corrected chi connectivity index (χ3v) is 5.10. The second-order valence-electron chi connectivity index (χ2n) is 6.86. The van der Waals surface area contributed by atoms with Crippen molar-refractivity contribution in [1.29, 1.82) is 0 Å². The van der Waals surface area contributed by atoms with E-state index in [0.717, 1.165) is 42.8 Å². The molecule has 1 aliphatic heterocycles. The van der Waals surface area contributed by atoms with E-state index in [9.17, 15) is 4.39 Å². The second-order valence-corrected chi connectivity index (χ2v) is 6.86. The van der Waals surface area contributed by atoms with E-state index in [4.69, 9.17) is 4.98 Å². The van der Waals surface area contributed by atoms with Gasteiger partial charge in [-0.1, -0.05) is 12.1 Å². The molecule has 132 valence electrons. The summed E-state index contributed by atoms with van der Waals surface area (Å²) in [5.74, 6) is 1.34. The molecule has 26 heavy (non-hydrogen) atoms. The summed E-state index contributed by atoms with van der Waals surface area (Å²) in [6.07, 6.45) is 5.37. The molecule has 1 aromatic carbocycles. The SMILES string of the molecule is Fc1c(C2CC2)ncnc1N1CCN(c2cnc3ccccc3n2)CC1. The van der Waals surface area contributed by atoms with Gasteiger partial charge in [0.15, 0.2) is 11.6 Å². The summed E-state index contributed by atoms with van der Waals surface area (Å²) in [4.78, 5) is 21.7. The Hall–Kier alpha value is -2.83. The molecular weight excluding hydrogens is 331 g/mol. The van der Waals surface area contributed by atoms with Crippen LogP contribution >= 0.6 is 0 Å². The minimum absolute atomic E-state index is 0.242. The summed E-state index contributed by atoms with van der Waals surface area (Å²) in [7, 11) is 0. The predicted octanol–water partition coefficient (Wildman–Crippen LogP) is 2.76. The summed E-state index contributed by atoms with van der Waals surface area (Å²) in [5.41, 5.74) is 2.37. The quantitative estimate of drug-likeness (QED) is 0.724. The number of anilines is 2. The molecule has 0 bridgehead atoms. The molecule has 0 amide bonds. The maximum Gasteiger partial charge on any atom is 0.187 e. The normalized spacial score (nSPS) is 17.7. The summed E-state index contributed by atoms with van der Waals surface area (Å²) >= 11 is 0. The molecule has 0 spiro atoms. The molecule has 2 aliphatic rings. The highest BCUT2D eigenvalue weighted by Gasteiger charge is 2.31. The van der Waals surface area contributed by atoms with Gasteiger partial charge >= 0.3 is 0 Å². The number of hydrogen-bond donors (Lipinski definition) is 0. The Balaban J connectivity index is 1.33. The van der Waals surface area contributed by atoms with Crippen LogP contribution in [0.5, 0.6) is 0 Å². The van der Waals surface area contributed by atoms with Crippen LogP contribution in [-0.4, -0.2) is 46.1 Å². The third-order valence-electron chi connectivity index (χ3n) is 5.10. The Morgan fingerprint density at radius 3 is 2.38 bits per heavy atom. The van der Waals surface area contributed by atoms with E-state index >= 15 is 0 Å². The van der Waals surface area contributed by atoms with Crippen LogP contribution in [0.25, 0.3) is 11.0 Å². The van der Waals surface area contributed by atoms with Crippen molar-refractivity contribution in [3.8, 4) is 0 Å². The van der Waals surface area contributed by atoms with Gasteiger partial charge in [-0.15, -0.1) is 0 Å². The van der Waals surface area contributed by atoms with Gasteiger partial charge in [0.1, 0.15) is 12.1 Å². The molecule has 6 nitrogen and oxygen atoms in total. The minimum Gasteiger partial charge on any atom is -0.352 e. The monoisotopic (exact) mass is 350 g/mol. The lowest BCUT2D eigenvalue weighted by atomic mass is 10.2. The molecule has 0 N–H and O–H groups in total. The van der Waals surface area contributed by atoms with Crippen LogP contribution in [0.4, 0.5) is 16.0 Å². The number of fused-ring (bicyclic) bond motifs is 1. The van der Waals surface area contributed by atoms with Crippen molar-refractivity contribution >= 4 is 22.7 Å². The number of halogens is 1. The van der Waals surface area contributed by atoms with Gasteiger partial charge in [0.25, 0.3) is 0 Å². The van der Waals surface area contributed by atoms with Gasteiger partial charge < -0.3 is 9.80 Å². The average Bonchev–Trinajstić information content (AvgIpc) is 3.53. The zero-order valence-electron chi connectivity index (χ0n) is 14.3. The Morgan fingerprint density at radius 1 is 0.885 bits per heavy atom. The van der Waals surface area contributed by atoms with Gasteiger partial charge in [0, 0.05) is 32.1 Å². The first kappa shape index (κ1) is 15.4. The fourth-order valence-corrected chi connectivity index (χ4v) is 3.48. The largest absolute Gasteiger partial charge is 0.352 e. The van der Waals surface area contributed by atoms with Crippen molar-refractivity contribution in [1.82, 2.24) is 19.9 Å². The van der Waals surface area contributed by atoms with Crippen molar-refractivity contribution in [2.45, 2.75) is 18.8 Å². The number of benzene rings is 1. The lowest BCUT2D eigenvalue weighted by Crippen LogP contribution is -2.47. The number of rotatable bonds is 3. The molecule has 3 aromatic rings. The molecule has 1 saturated carbocycles. The van der Waals surface area contributed by atoms with Gasteiger partial charge in [-0.3, -0.25) is 4.98 Å². The van der Waals surface area contributed by atoms with Crippen molar-refractivity contribution in [2.24, 2.45) is 0 Å². The van der Waals surface area contributed by atoms with Gasteiger partial charge in [-0.25, -0.2) is 19.3 Å². The molecule has 2 fully saturated rings. The zero-order valence-corrected chi connectivity index (χ0v) is 14.3. The molecule has 1 aliphatic carbocycles. The maximum atomic E-state index is 14.7. The molecule has 1 saturated heterocycles. The first-order valence-electron chi connectivity index (χ1n) is 9.01. The van der Waals surface area contributed by atoms with Gasteiger partial charge in [0.05, 0.1) is 22.9 Å². The van der Waals surface area contributed by atoms with Crippen molar-refractivity contribution < 1.29 is 4.39 Å². The highest BCUT2D eigenvalue weighted by molar-refractivity contribution is 5.75. The first-order chi connectivity index (χ1) is 12.8. The van der Waals surface area contributed by atoms with Crippen LogP contribution in [0.3, 0.4) is 0 Å². The number of nitrogens with zero attached hydrogens (tertiary/aromatic N) is 6.